The summed E-state index contributed by atoms with van der Waals surface area (Å²) in [7, 11) is 1.93. The summed E-state index contributed by atoms with van der Waals surface area (Å²) in [6.07, 6.45) is 4.32. The summed E-state index contributed by atoms with van der Waals surface area (Å²) in [6.45, 7) is 0.473. The molecule has 0 amide bonds. The van der Waals surface area contributed by atoms with Gasteiger partial charge in [-0.05, 0) is 12.1 Å². The fourth-order valence-corrected chi connectivity index (χ4v) is 1.95. The number of nitrogens with zero attached hydrogens (tertiary/aromatic N) is 2. The van der Waals surface area contributed by atoms with Gasteiger partial charge in [0.05, 0.1) is 6.61 Å². The molecule has 1 aromatic carbocycles. The van der Waals surface area contributed by atoms with E-state index in [1.807, 2.05) is 17.8 Å². The molecule has 0 N–H and O–H groups in total. The second kappa shape index (κ2) is 5.31. The molecular weight excluding hydrogens is 287 g/mol. The van der Waals surface area contributed by atoms with Gasteiger partial charge in [-0.25, -0.2) is 9.37 Å². The maximum absolute atomic E-state index is 13.1. The quantitative estimate of drug-likeness (QED) is 0.868. The van der Waals surface area contributed by atoms with Gasteiger partial charge in [-0.15, -0.1) is 0 Å². The Morgan fingerprint density at radius 2 is 2.24 bits per heavy atom. The Kier molecular flexibility index (Phi) is 3.78. The van der Waals surface area contributed by atoms with E-state index >= 15 is 0 Å². The van der Waals surface area contributed by atoms with E-state index in [2.05, 4.69) is 20.9 Å². The Balaban J connectivity index is 1.92. The highest BCUT2D eigenvalue weighted by Crippen LogP contribution is 2.20. The van der Waals surface area contributed by atoms with E-state index < -0.39 is 0 Å². The Bertz CT molecular complexity index is 493. The molecule has 0 aliphatic carbocycles. The molecule has 3 nitrogen and oxygen atoms in total. The lowest BCUT2D eigenvalue weighted by Crippen LogP contribution is -2.06. The summed E-state index contributed by atoms with van der Waals surface area (Å²) in [5.41, 5.74) is 0. The second-order valence-electron chi connectivity index (χ2n) is 3.66. The first-order valence-electron chi connectivity index (χ1n) is 5.20. The number of hydrogen-bond donors (Lipinski definition) is 0. The van der Waals surface area contributed by atoms with Crippen LogP contribution in [0, 0.1) is 5.82 Å². The Hall–Kier alpha value is -1.36. The minimum atomic E-state index is -0.314. The predicted octanol–water partition coefficient (Wildman–Crippen LogP) is 2.94. The van der Waals surface area contributed by atoms with Gasteiger partial charge in [0.1, 0.15) is 17.4 Å². The Morgan fingerprint density at radius 1 is 1.41 bits per heavy atom. The van der Waals surface area contributed by atoms with Crippen LogP contribution in [0.3, 0.4) is 0 Å². The Labute approximate surface area is 107 Å². The molecule has 5 heteroatoms. The van der Waals surface area contributed by atoms with Gasteiger partial charge in [0.15, 0.2) is 0 Å². The highest BCUT2D eigenvalue weighted by atomic mass is 79.9. The smallest absolute Gasteiger partial charge is 0.128 e. The van der Waals surface area contributed by atoms with Gasteiger partial charge in [0.25, 0.3) is 0 Å². The van der Waals surface area contributed by atoms with Gasteiger partial charge in [0.2, 0.25) is 0 Å². The van der Waals surface area contributed by atoms with E-state index in [-0.39, 0.29) is 5.82 Å². The van der Waals surface area contributed by atoms with E-state index in [1.54, 1.807) is 12.3 Å². The highest BCUT2D eigenvalue weighted by molar-refractivity contribution is 9.10. The summed E-state index contributed by atoms with van der Waals surface area (Å²) in [4.78, 5) is 4.18. The van der Waals surface area contributed by atoms with Gasteiger partial charge in [0, 0.05) is 36.4 Å². The van der Waals surface area contributed by atoms with Crippen molar-refractivity contribution in [2.45, 2.75) is 6.42 Å². The van der Waals surface area contributed by atoms with Crippen LogP contribution in [0.25, 0.3) is 0 Å². The third-order valence-corrected chi connectivity index (χ3v) is 2.81. The molecule has 0 saturated heterocycles. The van der Waals surface area contributed by atoms with Crippen LogP contribution in [0.2, 0.25) is 0 Å². The molecule has 90 valence electrons. The normalized spacial score (nSPS) is 10.5. The monoisotopic (exact) mass is 298 g/mol. The van der Waals surface area contributed by atoms with Crippen LogP contribution in [0.5, 0.6) is 5.75 Å². The lowest BCUT2D eigenvalue weighted by Gasteiger charge is -2.06. The second-order valence-corrected chi connectivity index (χ2v) is 4.57. The van der Waals surface area contributed by atoms with Crippen LogP contribution in [-0.2, 0) is 13.5 Å². The van der Waals surface area contributed by atoms with Gasteiger partial charge >= 0.3 is 0 Å². The van der Waals surface area contributed by atoms with Crippen LogP contribution in [-0.4, -0.2) is 16.2 Å². The lowest BCUT2D eigenvalue weighted by molar-refractivity contribution is 0.315. The van der Waals surface area contributed by atoms with E-state index in [0.29, 0.717) is 23.2 Å². The molecule has 2 rings (SSSR count). The summed E-state index contributed by atoms with van der Waals surface area (Å²) >= 11 is 3.22. The summed E-state index contributed by atoms with van der Waals surface area (Å²) in [5.74, 6) is 1.15. The molecule has 0 aliphatic rings. The summed E-state index contributed by atoms with van der Waals surface area (Å²) in [6, 6.07) is 4.50. The molecule has 0 aliphatic heterocycles. The molecule has 0 spiro atoms. The van der Waals surface area contributed by atoms with Crippen LogP contribution in [0.4, 0.5) is 4.39 Å². The standard InChI is InChI=1S/C12H12BrFN2O/c1-16-4-3-15-12(16)2-5-17-11-7-9(13)6-10(14)8-11/h3-4,6-8H,2,5H2,1H3. The first-order valence-corrected chi connectivity index (χ1v) is 5.99. The predicted molar refractivity (Wildman–Crippen MR) is 66.5 cm³/mol. The van der Waals surface area contributed by atoms with Crippen molar-refractivity contribution in [2.75, 3.05) is 6.61 Å². The summed E-state index contributed by atoms with van der Waals surface area (Å²) in [5, 5.41) is 0. The fraction of sp³-hybridized carbons (Fsp3) is 0.250. The number of halogens is 2. The first kappa shape index (κ1) is 12.1. The van der Waals surface area contributed by atoms with Crippen LogP contribution >= 0.6 is 15.9 Å². The van der Waals surface area contributed by atoms with Crippen molar-refractivity contribution < 1.29 is 9.13 Å². The SMILES string of the molecule is Cn1ccnc1CCOc1cc(F)cc(Br)c1. The lowest BCUT2D eigenvalue weighted by atomic mass is 10.3. The number of hydrogen-bond acceptors (Lipinski definition) is 2. The molecule has 17 heavy (non-hydrogen) atoms. The molecule has 1 heterocycles. The van der Waals surface area contributed by atoms with Gasteiger partial charge in [-0.1, -0.05) is 15.9 Å². The number of imidazole rings is 1. The van der Waals surface area contributed by atoms with Crippen molar-refractivity contribution in [2.24, 2.45) is 7.05 Å². The van der Waals surface area contributed by atoms with Crippen molar-refractivity contribution >= 4 is 15.9 Å². The zero-order valence-corrected chi connectivity index (χ0v) is 10.9. The molecule has 0 bridgehead atoms. The molecule has 0 unspecified atom stereocenters. The maximum Gasteiger partial charge on any atom is 0.128 e. The first-order chi connectivity index (χ1) is 8.15. The molecule has 0 radical (unpaired) electrons. The van der Waals surface area contributed by atoms with Gasteiger partial charge in [-0.2, -0.15) is 0 Å². The number of benzene rings is 1. The number of ether oxygens (including phenoxy) is 1. The van der Waals surface area contributed by atoms with Crippen molar-refractivity contribution in [3.05, 3.63) is 46.7 Å². The van der Waals surface area contributed by atoms with Crippen molar-refractivity contribution in [3.8, 4) is 5.75 Å². The van der Waals surface area contributed by atoms with Crippen molar-refractivity contribution in [1.29, 1.82) is 0 Å². The van der Waals surface area contributed by atoms with E-state index in [0.717, 1.165) is 5.82 Å². The minimum Gasteiger partial charge on any atom is -0.493 e. The van der Waals surface area contributed by atoms with Crippen molar-refractivity contribution in [3.63, 3.8) is 0 Å². The van der Waals surface area contributed by atoms with Gasteiger partial charge in [-0.3, -0.25) is 0 Å². The van der Waals surface area contributed by atoms with E-state index in [4.69, 9.17) is 4.74 Å². The molecule has 0 saturated carbocycles. The summed E-state index contributed by atoms with van der Waals surface area (Å²) < 4.78 is 21.1. The molecule has 0 atom stereocenters. The zero-order chi connectivity index (χ0) is 12.3. The number of aromatic nitrogens is 2. The average Bonchev–Trinajstić information content (AvgIpc) is 2.63. The van der Waals surface area contributed by atoms with E-state index in [1.165, 1.54) is 12.1 Å². The third-order valence-electron chi connectivity index (χ3n) is 2.35. The fourth-order valence-electron chi connectivity index (χ4n) is 1.51. The van der Waals surface area contributed by atoms with Crippen LogP contribution < -0.4 is 4.74 Å². The maximum atomic E-state index is 13.1. The zero-order valence-electron chi connectivity index (χ0n) is 9.36. The number of aryl methyl sites for hydroxylation is 1. The highest BCUT2D eigenvalue weighted by Gasteiger charge is 2.02. The topological polar surface area (TPSA) is 27.1 Å². The third kappa shape index (κ3) is 3.30. The van der Waals surface area contributed by atoms with Gasteiger partial charge < -0.3 is 9.30 Å². The van der Waals surface area contributed by atoms with Crippen LogP contribution in [0.15, 0.2) is 35.1 Å². The Morgan fingerprint density at radius 3 is 2.88 bits per heavy atom. The molecule has 1 aromatic heterocycles. The molecule has 0 fully saturated rings. The van der Waals surface area contributed by atoms with E-state index in [9.17, 15) is 4.39 Å². The molecule has 2 aromatic rings. The average molecular weight is 299 g/mol. The minimum absolute atomic E-state index is 0.314. The molecular formula is C12H12BrFN2O. The van der Waals surface area contributed by atoms with Crippen molar-refractivity contribution in [1.82, 2.24) is 9.55 Å². The number of rotatable bonds is 4. The van der Waals surface area contributed by atoms with Crippen LogP contribution in [0.1, 0.15) is 5.82 Å². The largest absolute Gasteiger partial charge is 0.493 e.